The van der Waals surface area contributed by atoms with Crippen molar-refractivity contribution in [1.82, 2.24) is 0 Å². The van der Waals surface area contributed by atoms with Crippen molar-refractivity contribution in [3.63, 3.8) is 0 Å². The lowest BCUT2D eigenvalue weighted by Crippen LogP contribution is -2.34. The van der Waals surface area contributed by atoms with Gasteiger partial charge in [-0.25, -0.2) is 4.79 Å². The molecular formula is C12H13NO7. The van der Waals surface area contributed by atoms with Gasteiger partial charge in [0.15, 0.2) is 6.61 Å². The van der Waals surface area contributed by atoms with Gasteiger partial charge in [-0.05, 0) is 24.3 Å². The fourth-order valence-electron chi connectivity index (χ4n) is 1.46. The Kier molecular flexibility index (Phi) is 5.33. The molecule has 0 bridgehead atoms. The summed E-state index contributed by atoms with van der Waals surface area (Å²) in [5, 5.41) is 25.9. The van der Waals surface area contributed by atoms with Crippen molar-refractivity contribution in [3.05, 3.63) is 24.3 Å². The number of aliphatic carboxylic acids is 3. The van der Waals surface area contributed by atoms with Gasteiger partial charge < -0.3 is 25.0 Å². The second kappa shape index (κ2) is 6.98. The summed E-state index contributed by atoms with van der Waals surface area (Å²) in [6.07, 6.45) is 0. The summed E-state index contributed by atoms with van der Waals surface area (Å²) in [6, 6.07) is 5.80. The molecule has 0 aromatic heterocycles. The molecule has 0 aliphatic carbocycles. The summed E-state index contributed by atoms with van der Waals surface area (Å²) in [7, 11) is 0. The Hall–Kier alpha value is -2.77. The molecule has 1 aromatic rings. The maximum absolute atomic E-state index is 10.7. The quantitative estimate of drug-likeness (QED) is 0.614. The normalized spacial score (nSPS) is 9.80. The second-order valence-corrected chi connectivity index (χ2v) is 3.82. The molecule has 0 saturated heterocycles. The summed E-state index contributed by atoms with van der Waals surface area (Å²) in [6.45, 7) is -1.41. The lowest BCUT2D eigenvalue weighted by atomic mass is 10.2. The van der Waals surface area contributed by atoms with Crippen molar-refractivity contribution >= 4 is 23.6 Å². The van der Waals surface area contributed by atoms with Crippen LogP contribution in [0.5, 0.6) is 5.75 Å². The number of carboxylic acid groups (broad SMARTS) is 3. The molecule has 0 heterocycles. The second-order valence-electron chi connectivity index (χ2n) is 3.82. The van der Waals surface area contributed by atoms with Gasteiger partial charge in [0.2, 0.25) is 0 Å². The zero-order valence-electron chi connectivity index (χ0n) is 10.4. The van der Waals surface area contributed by atoms with Gasteiger partial charge in [-0.3, -0.25) is 9.59 Å². The molecule has 0 spiro atoms. The first-order valence-electron chi connectivity index (χ1n) is 5.51. The molecule has 0 saturated carbocycles. The van der Waals surface area contributed by atoms with Crippen LogP contribution in [0.25, 0.3) is 0 Å². The SMILES string of the molecule is O=C(O)COc1ccc(N(CC(=O)O)CC(=O)O)cc1. The number of carboxylic acids is 3. The van der Waals surface area contributed by atoms with Crippen molar-refractivity contribution in [3.8, 4) is 5.75 Å². The van der Waals surface area contributed by atoms with E-state index in [-0.39, 0.29) is 0 Å². The predicted molar refractivity (Wildman–Crippen MR) is 67.1 cm³/mol. The Labute approximate surface area is 113 Å². The predicted octanol–water partition coefficient (Wildman–Crippen LogP) is 0.126. The number of anilines is 1. The van der Waals surface area contributed by atoms with Crippen LogP contribution in [-0.4, -0.2) is 52.9 Å². The van der Waals surface area contributed by atoms with Gasteiger partial charge in [0.25, 0.3) is 0 Å². The smallest absolute Gasteiger partial charge is 0.341 e. The van der Waals surface area contributed by atoms with Crippen molar-refractivity contribution in [2.75, 3.05) is 24.6 Å². The van der Waals surface area contributed by atoms with E-state index >= 15 is 0 Å². The van der Waals surface area contributed by atoms with Crippen LogP contribution in [0.15, 0.2) is 24.3 Å². The molecule has 8 heteroatoms. The zero-order valence-corrected chi connectivity index (χ0v) is 10.4. The highest BCUT2D eigenvalue weighted by atomic mass is 16.5. The third kappa shape index (κ3) is 5.25. The van der Waals surface area contributed by atoms with E-state index in [1.165, 1.54) is 24.3 Å². The fraction of sp³-hybridized carbons (Fsp3) is 0.250. The first kappa shape index (κ1) is 15.3. The summed E-state index contributed by atoms with van der Waals surface area (Å²) in [5.41, 5.74) is 0.387. The topological polar surface area (TPSA) is 124 Å². The molecule has 1 rings (SSSR count). The number of hydrogen-bond acceptors (Lipinski definition) is 5. The van der Waals surface area contributed by atoms with Gasteiger partial charge >= 0.3 is 17.9 Å². The molecule has 0 atom stereocenters. The van der Waals surface area contributed by atoms with Gasteiger partial charge in [0, 0.05) is 5.69 Å². The third-order valence-corrected chi connectivity index (χ3v) is 2.22. The van der Waals surface area contributed by atoms with Crippen LogP contribution in [0.3, 0.4) is 0 Å². The van der Waals surface area contributed by atoms with Gasteiger partial charge in [-0.2, -0.15) is 0 Å². The summed E-state index contributed by atoms with van der Waals surface area (Å²) < 4.78 is 4.91. The number of benzene rings is 1. The fourth-order valence-corrected chi connectivity index (χ4v) is 1.46. The van der Waals surface area contributed by atoms with Crippen LogP contribution in [0.4, 0.5) is 5.69 Å². The van der Waals surface area contributed by atoms with Crippen LogP contribution < -0.4 is 9.64 Å². The molecule has 0 fully saturated rings. The van der Waals surface area contributed by atoms with Gasteiger partial charge in [0.1, 0.15) is 18.8 Å². The molecule has 0 unspecified atom stereocenters. The Morgan fingerprint density at radius 1 is 0.900 bits per heavy atom. The van der Waals surface area contributed by atoms with Crippen molar-refractivity contribution in [2.24, 2.45) is 0 Å². The maximum Gasteiger partial charge on any atom is 0.341 e. The molecule has 0 aliphatic rings. The van der Waals surface area contributed by atoms with Crippen LogP contribution in [-0.2, 0) is 14.4 Å². The van der Waals surface area contributed by atoms with Gasteiger partial charge in [0.05, 0.1) is 0 Å². The standard InChI is InChI=1S/C12H13NO7/c14-10(15)5-13(6-11(16)17)8-1-3-9(4-2-8)20-7-12(18)19/h1-4H,5-7H2,(H,14,15)(H,16,17)(H,18,19). The highest BCUT2D eigenvalue weighted by molar-refractivity contribution is 5.79. The lowest BCUT2D eigenvalue weighted by Gasteiger charge is -2.20. The number of ether oxygens (including phenoxy) is 1. The summed E-state index contributed by atoms with van der Waals surface area (Å²) >= 11 is 0. The van der Waals surface area contributed by atoms with E-state index in [9.17, 15) is 14.4 Å². The Balaban J connectivity index is 2.78. The van der Waals surface area contributed by atoms with E-state index < -0.39 is 37.6 Å². The monoisotopic (exact) mass is 283 g/mol. The van der Waals surface area contributed by atoms with E-state index in [1.807, 2.05) is 0 Å². The highest BCUT2D eigenvalue weighted by Crippen LogP contribution is 2.19. The van der Waals surface area contributed by atoms with Crippen molar-refractivity contribution < 1.29 is 34.4 Å². The minimum atomic E-state index is -1.16. The third-order valence-electron chi connectivity index (χ3n) is 2.22. The largest absolute Gasteiger partial charge is 0.482 e. The molecule has 8 nitrogen and oxygen atoms in total. The summed E-state index contributed by atoms with van der Waals surface area (Å²) in [4.78, 5) is 32.9. The summed E-state index contributed by atoms with van der Waals surface area (Å²) in [5.74, 6) is -3.14. The van der Waals surface area contributed by atoms with E-state index in [0.29, 0.717) is 11.4 Å². The Morgan fingerprint density at radius 2 is 1.40 bits per heavy atom. The van der Waals surface area contributed by atoms with Crippen molar-refractivity contribution in [1.29, 1.82) is 0 Å². The van der Waals surface area contributed by atoms with Crippen LogP contribution >= 0.6 is 0 Å². The van der Waals surface area contributed by atoms with E-state index in [1.54, 1.807) is 0 Å². The van der Waals surface area contributed by atoms with Crippen molar-refractivity contribution in [2.45, 2.75) is 0 Å². The average molecular weight is 283 g/mol. The first-order chi connectivity index (χ1) is 9.38. The lowest BCUT2D eigenvalue weighted by molar-refractivity contribution is -0.139. The highest BCUT2D eigenvalue weighted by Gasteiger charge is 2.14. The number of hydrogen-bond donors (Lipinski definition) is 3. The zero-order chi connectivity index (χ0) is 15.1. The molecule has 0 aliphatic heterocycles. The molecule has 3 N–H and O–H groups in total. The van der Waals surface area contributed by atoms with Gasteiger partial charge in [-0.15, -0.1) is 0 Å². The van der Waals surface area contributed by atoms with Crippen LogP contribution in [0.1, 0.15) is 0 Å². The molecule has 0 radical (unpaired) electrons. The molecule has 108 valence electrons. The molecular weight excluding hydrogens is 270 g/mol. The average Bonchev–Trinajstić information content (AvgIpc) is 2.35. The number of rotatable bonds is 8. The van der Waals surface area contributed by atoms with Crippen LogP contribution in [0.2, 0.25) is 0 Å². The number of carbonyl (C=O) groups is 3. The van der Waals surface area contributed by atoms with Gasteiger partial charge in [-0.1, -0.05) is 0 Å². The minimum absolute atomic E-state index is 0.293. The maximum atomic E-state index is 10.7. The molecule has 20 heavy (non-hydrogen) atoms. The van der Waals surface area contributed by atoms with E-state index in [0.717, 1.165) is 4.90 Å². The Bertz CT molecular complexity index is 481. The van der Waals surface area contributed by atoms with E-state index in [4.69, 9.17) is 20.1 Å². The molecule has 1 aromatic carbocycles. The van der Waals surface area contributed by atoms with Crippen LogP contribution in [0, 0.1) is 0 Å². The first-order valence-corrected chi connectivity index (χ1v) is 5.51. The minimum Gasteiger partial charge on any atom is -0.482 e. The van der Waals surface area contributed by atoms with E-state index in [2.05, 4.69) is 0 Å². The number of nitrogens with zero attached hydrogens (tertiary/aromatic N) is 1. The Morgan fingerprint density at radius 3 is 1.80 bits per heavy atom. The molecule has 0 amide bonds.